The molecular formula is C9H21ClHf. The van der Waals surface area contributed by atoms with Gasteiger partial charge in [-0.2, -0.15) is 0 Å². The van der Waals surface area contributed by atoms with Crippen molar-refractivity contribution in [3.63, 3.8) is 0 Å². The van der Waals surface area contributed by atoms with E-state index in [1.807, 2.05) is 0 Å². The molecule has 0 amide bonds. The molecule has 0 aliphatic heterocycles. The third-order valence-corrected chi connectivity index (χ3v) is 21.8. The number of hydrogen-bond donors (Lipinski definition) is 0. The molecule has 0 saturated heterocycles. The third kappa shape index (κ3) is 5.41. The summed E-state index contributed by atoms with van der Waals surface area (Å²) < 4.78 is 4.20. The van der Waals surface area contributed by atoms with Crippen molar-refractivity contribution in [1.29, 1.82) is 0 Å². The Morgan fingerprint density at radius 3 is 1.27 bits per heavy atom. The molecule has 11 heavy (non-hydrogen) atoms. The van der Waals surface area contributed by atoms with Crippen LogP contribution in [0.25, 0.3) is 0 Å². The number of hydrogen-bond acceptors (Lipinski definition) is 0. The first-order chi connectivity index (χ1) is 5.18. The monoisotopic (exact) mass is 344 g/mol. The molecule has 0 atom stereocenters. The Hall–Kier alpha value is 1.16. The maximum atomic E-state index is 6.66. The van der Waals surface area contributed by atoms with E-state index in [0.29, 0.717) is 0 Å². The van der Waals surface area contributed by atoms with Gasteiger partial charge >= 0.3 is 79.9 Å². The minimum absolute atomic E-state index is 1.31. The number of halogens is 1. The topological polar surface area (TPSA) is 0 Å². The van der Waals surface area contributed by atoms with Crippen LogP contribution in [0.3, 0.4) is 0 Å². The Bertz CT molecular complexity index is 76.5. The van der Waals surface area contributed by atoms with Crippen molar-refractivity contribution in [3.05, 3.63) is 0 Å². The molecule has 0 aliphatic rings. The van der Waals surface area contributed by atoms with Gasteiger partial charge in [-0.05, 0) is 0 Å². The summed E-state index contributed by atoms with van der Waals surface area (Å²) >= 11 is -2.12. The molecule has 0 heterocycles. The standard InChI is InChI=1S/3C3H7.ClH.Hf/c3*1-3-2;;/h3*1,3H2,2H3;1H;/q;;;;+1/p-1. The van der Waals surface area contributed by atoms with Gasteiger partial charge in [-0.1, -0.05) is 0 Å². The van der Waals surface area contributed by atoms with E-state index in [9.17, 15) is 0 Å². The Balaban J connectivity index is 3.79. The van der Waals surface area contributed by atoms with E-state index < -0.39 is 18.8 Å². The van der Waals surface area contributed by atoms with Crippen molar-refractivity contribution >= 4 is 8.58 Å². The zero-order valence-corrected chi connectivity index (χ0v) is 12.5. The van der Waals surface area contributed by atoms with Crippen LogP contribution >= 0.6 is 8.58 Å². The minimum atomic E-state index is -2.12. The van der Waals surface area contributed by atoms with Crippen LogP contribution in [0.2, 0.25) is 12.5 Å². The second kappa shape index (κ2) is 6.65. The zero-order valence-electron chi connectivity index (χ0n) is 8.12. The van der Waals surface area contributed by atoms with Gasteiger partial charge in [0.1, 0.15) is 0 Å². The van der Waals surface area contributed by atoms with Gasteiger partial charge in [-0.15, -0.1) is 0 Å². The van der Waals surface area contributed by atoms with Crippen LogP contribution in [0.4, 0.5) is 0 Å². The Morgan fingerprint density at radius 2 is 1.09 bits per heavy atom. The maximum absolute atomic E-state index is 6.66. The fourth-order valence-electron chi connectivity index (χ4n) is 1.72. The first-order valence-corrected chi connectivity index (χ1v) is 16.9. The van der Waals surface area contributed by atoms with E-state index in [0.717, 1.165) is 0 Å². The van der Waals surface area contributed by atoms with Gasteiger partial charge in [0, 0.05) is 0 Å². The summed E-state index contributed by atoms with van der Waals surface area (Å²) in [5.74, 6) is 0. The Labute approximate surface area is 79.6 Å². The summed E-state index contributed by atoms with van der Waals surface area (Å²) in [5, 5.41) is 0. The Morgan fingerprint density at radius 1 is 0.818 bits per heavy atom. The molecule has 0 aromatic heterocycles. The van der Waals surface area contributed by atoms with Crippen molar-refractivity contribution in [2.24, 2.45) is 0 Å². The summed E-state index contributed by atoms with van der Waals surface area (Å²) in [6.45, 7) is 6.80. The summed E-state index contributed by atoms with van der Waals surface area (Å²) in [6.07, 6.45) is 3.93. The average molecular weight is 343 g/mol. The van der Waals surface area contributed by atoms with Gasteiger partial charge in [-0.3, -0.25) is 0 Å². The second-order valence-corrected chi connectivity index (χ2v) is 23.6. The fraction of sp³-hybridized carbons (Fsp3) is 1.00. The van der Waals surface area contributed by atoms with E-state index in [4.69, 9.17) is 8.58 Å². The molecule has 0 saturated carbocycles. The third-order valence-electron chi connectivity index (χ3n) is 2.09. The molecule has 68 valence electrons. The van der Waals surface area contributed by atoms with Crippen LogP contribution in [0.15, 0.2) is 0 Å². The molecular weight excluding hydrogens is 322 g/mol. The molecule has 0 fully saturated rings. The summed E-state index contributed by atoms with van der Waals surface area (Å²) in [4.78, 5) is 0. The first kappa shape index (κ1) is 12.2. The molecule has 2 heteroatoms. The van der Waals surface area contributed by atoms with E-state index in [1.54, 1.807) is 0 Å². The van der Waals surface area contributed by atoms with Gasteiger partial charge in [0.05, 0.1) is 0 Å². The molecule has 0 bridgehead atoms. The van der Waals surface area contributed by atoms with Crippen LogP contribution < -0.4 is 0 Å². The fourth-order valence-corrected chi connectivity index (χ4v) is 18.7. The average Bonchev–Trinajstić information content (AvgIpc) is 1.88. The molecule has 0 nitrogen and oxygen atoms in total. The van der Waals surface area contributed by atoms with Crippen LogP contribution in [0, 0.1) is 0 Å². The molecule has 0 spiro atoms. The van der Waals surface area contributed by atoms with Crippen molar-refractivity contribution in [3.8, 4) is 0 Å². The predicted molar refractivity (Wildman–Crippen MR) is 51.1 cm³/mol. The zero-order chi connectivity index (χ0) is 8.74. The SMILES string of the molecule is CC[CH2][Hf]([Cl])([CH2]CC)[CH2]CC. The van der Waals surface area contributed by atoms with Crippen molar-refractivity contribution in [2.75, 3.05) is 0 Å². The first-order valence-electron chi connectivity index (χ1n) is 4.87. The van der Waals surface area contributed by atoms with Crippen LogP contribution in [0.1, 0.15) is 40.0 Å². The quantitative estimate of drug-likeness (QED) is 0.609. The van der Waals surface area contributed by atoms with Gasteiger partial charge in [0.2, 0.25) is 0 Å². The van der Waals surface area contributed by atoms with Gasteiger partial charge < -0.3 is 0 Å². The molecule has 0 radical (unpaired) electrons. The van der Waals surface area contributed by atoms with Gasteiger partial charge in [0.25, 0.3) is 0 Å². The van der Waals surface area contributed by atoms with Crippen LogP contribution in [-0.4, -0.2) is 0 Å². The molecule has 0 aliphatic carbocycles. The van der Waals surface area contributed by atoms with Crippen LogP contribution in [0.5, 0.6) is 0 Å². The van der Waals surface area contributed by atoms with Crippen molar-refractivity contribution in [1.82, 2.24) is 0 Å². The normalized spacial score (nSPS) is 12.0. The van der Waals surface area contributed by atoms with E-state index in [2.05, 4.69) is 20.8 Å². The van der Waals surface area contributed by atoms with E-state index in [-0.39, 0.29) is 0 Å². The molecule has 0 unspecified atom stereocenters. The molecule has 0 aromatic carbocycles. The summed E-state index contributed by atoms with van der Waals surface area (Å²) in [6, 6.07) is 0. The van der Waals surface area contributed by atoms with Gasteiger partial charge in [0.15, 0.2) is 0 Å². The number of rotatable bonds is 6. The summed E-state index contributed by atoms with van der Waals surface area (Å²) in [7, 11) is 6.66. The van der Waals surface area contributed by atoms with Crippen molar-refractivity contribution < 1.29 is 18.8 Å². The van der Waals surface area contributed by atoms with Gasteiger partial charge in [-0.25, -0.2) is 0 Å². The van der Waals surface area contributed by atoms with E-state index >= 15 is 0 Å². The molecule has 0 N–H and O–H groups in total. The van der Waals surface area contributed by atoms with E-state index in [1.165, 1.54) is 31.8 Å². The second-order valence-electron chi connectivity index (χ2n) is 3.40. The van der Waals surface area contributed by atoms with Crippen molar-refractivity contribution in [2.45, 2.75) is 52.6 Å². The summed E-state index contributed by atoms with van der Waals surface area (Å²) in [5.41, 5.74) is 0. The van der Waals surface area contributed by atoms with Crippen LogP contribution in [-0.2, 0) is 18.8 Å². The molecule has 0 aromatic rings. The Kier molecular flexibility index (Phi) is 7.35. The molecule has 0 rings (SSSR count). The predicted octanol–water partition coefficient (Wildman–Crippen LogP) is 4.78.